The Morgan fingerprint density at radius 2 is 1.58 bits per heavy atom. The van der Waals surface area contributed by atoms with E-state index in [2.05, 4.69) is 24.5 Å². The Kier molecular flexibility index (Phi) is 7.10. The Labute approximate surface area is 184 Å². The lowest BCUT2D eigenvalue weighted by molar-refractivity contribution is -0.135. The maximum atomic E-state index is 13.5. The van der Waals surface area contributed by atoms with Gasteiger partial charge in [0, 0.05) is 12.5 Å². The van der Waals surface area contributed by atoms with Crippen LogP contribution in [0.1, 0.15) is 44.7 Å². The van der Waals surface area contributed by atoms with Crippen LogP contribution in [0.5, 0.6) is 0 Å². The zero-order valence-corrected chi connectivity index (χ0v) is 18.4. The van der Waals surface area contributed by atoms with E-state index in [0.29, 0.717) is 17.9 Å². The first-order chi connectivity index (χ1) is 14.8. The van der Waals surface area contributed by atoms with Crippen LogP contribution in [-0.2, 0) is 21.5 Å². The van der Waals surface area contributed by atoms with Gasteiger partial charge in [0.1, 0.15) is 6.54 Å². The highest BCUT2D eigenvalue weighted by molar-refractivity contribution is 6.09. The molecule has 0 aliphatic carbocycles. The van der Waals surface area contributed by atoms with Crippen molar-refractivity contribution in [3.8, 4) is 0 Å². The summed E-state index contributed by atoms with van der Waals surface area (Å²) in [5, 5.41) is 5.80. The molecular formula is C25H31N3O3. The van der Waals surface area contributed by atoms with Crippen LogP contribution in [0.4, 0.5) is 4.79 Å². The van der Waals surface area contributed by atoms with E-state index in [-0.39, 0.29) is 18.5 Å². The standard InChI is InChI=1S/C25H31N3O3/c1-18(2)14-15-19(3)26-22(29)17-28-23(30)25(27-24(28)31,21-12-8-5-9-13-21)16-20-10-6-4-7-11-20/h4-13,18-19H,14-17H2,1-3H3,(H,26,29)(H,27,31)/t19-,25-/m0/s1. The predicted molar refractivity (Wildman–Crippen MR) is 120 cm³/mol. The topological polar surface area (TPSA) is 78.5 Å². The van der Waals surface area contributed by atoms with E-state index in [1.54, 1.807) is 0 Å². The van der Waals surface area contributed by atoms with Gasteiger partial charge >= 0.3 is 6.03 Å². The molecule has 2 aromatic rings. The molecule has 6 heteroatoms. The average molecular weight is 422 g/mol. The molecule has 1 aliphatic heterocycles. The molecule has 3 rings (SSSR count). The molecule has 2 aromatic carbocycles. The molecule has 0 radical (unpaired) electrons. The van der Waals surface area contributed by atoms with Crippen molar-refractivity contribution in [3.05, 3.63) is 71.8 Å². The van der Waals surface area contributed by atoms with Gasteiger partial charge in [-0.2, -0.15) is 0 Å². The summed E-state index contributed by atoms with van der Waals surface area (Å²) < 4.78 is 0. The van der Waals surface area contributed by atoms with Crippen molar-refractivity contribution in [2.24, 2.45) is 5.92 Å². The minimum absolute atomic E-state index is 0.0149. The lowest BCUT2D eigenvalue weighted by Crippen LogP contribution is -2.47. The van der Waals surface area contributed by atoms with Gasteiger partial charge < -0.3 is 10.6 Å². The van der Waals surface area contributed by atoms with Crippen LogP contribution in [0.15, 0.2) is 60.7 Å². The van der Waals surface area contributed by atoms with Gasteiger partial charge in [0.25, 0.3) is 5.91 Å². The van der Waals surface area contributed by atoms with Gasteiger partial charge in [0.05, 0.1) is 0 Å². The van der Waals surface area contributed by atoms with Crippen molar-refractivity contribution < 1.29 is 14.4 Å². The smallest absolute Gasteiger partial charge is 0.325 e. The van der Waals surface area contributed by atoms with Gasteiger partial charge in [-0.1, -0.05) is 74.5 Å². The van der Waals surface area contributed by atoms with Crippen molar-refractivity contribution in [1.29, 1.82) is 0 Å². The second-order valence-corrected chi connectivity index (χ2v) is 8.69. The van der Waals surface area contributed by atoms with Gasteiger partial charge in [-0.25, -0.2) is 4.79 Å². The van der Waals surface area contributed by atoms with Crippen molar-refractivity contribution in [2.45, 2.75) is 51.6 Å². The number of hydrogen-bond acceptors (Lipinski definition) is 3. The SMILES string of the molecule is CC(C)CC[C@H](C)NC(=O)CN1C(=O)N[C@@](Cc2ccccc2)(c2ccccc2)C1=O. The van der Waals surface area contributed by atoms with Gasteiger partial charge in [0.15, 0.2) is 5.54 Å². The Hall–Kier alpha value is -3.15. The molecule has 6 nitrogen and oxygen atoms in total. The van der Waals surface area contributed by atoms with E-state index in [4.69, 9.17) is 0 Å². The lowest BCUT2D eigenvalue weighted by Gasteiger charge is -2.27. The van der Waals surface area contributed by atoms with E-state index >= 15 is 0 Å². The van der Waals surface area contributed by atoms with Gasteiger partial charge in [-0.3, -0.25) is 14.5 Å². The highest BCUT2D eigenvalue weighted by atomic mass is 16.2. The Morgan fingerprint density at radius 3 is 2.19 bits per heavy atom. The number of carbonyl (C=O) groups excluding carboxylic acids is 3. The minimum atomic E-state index is -1.23. The second kappa shape index (κ2) is 9.77. The first kappa shape index (κ1) is 22.5. The number of nitrogens with zero attached hydrogens (tertiary/aromatic N) is 1. The van der Waals surface area contributed by atoms with Crippen molar-refractivity contribution in [3.63, 3.8) is 0 Å². The third kappa shape index (κ3) is 5.32. The maximum Gasteiger partial charge on any atom is 0.325 e. The van der Waals surface area contributed by atoms with E-state index in [9.17, 15) is 14.4 Å². The molecule has 0 unspecified atom stereocenters. The fourth-order valence-corrected chi connectivity index (χ4v) is 3.93. The summed E-state index contributed by atoms with van der Waals surface area (Å²) >= 11 is 0. The fraction of sp³-hybridized carbons (Fsp3) is 0.400. The Balaban J connectivity index is 1.79. The molecule has 1 aliphatic rings. The third-order valence-corrected chi connectivity index (χ3v) is 5.64. The fourth-order valence-electron chi connectivity index (χ4n) is 3.93. The number of benzene rings is 2. The molecule has 2 N–H and O–H groups in total. The first-order valence-corrected chi connectivity index (χ1v) is 10.8. The molecule has 0 saturated carbocycles. The van der Waals surface area contributed by atoms with Crippen LogP contribution in [0.25, 0.3) is 0 Å². The Bertz CT molecular complexity index is 914. The normalized spacial score (nSPS) is 19.4. The van der Waals surface area contributed by atoms with Crippen molar-refractivity contribution in [1.82, 2.24) is 15.5 Å². The monoisotopic (exact) mass is 421 g/mol. The van der Waals surface area contributed by atoms with Crippen LogP contribution in [0.3, 0.4) is 0 Å². The molecule has 164 valence electrons. The summed E-state index contributed by atoms with van der Waals surface area (Å²) in [4.78, 5) is 40.0. The largest absolute Gasteiger partial charge is 0.352 e. The van der Waals surface area contributed by atoms with E-state index < -0.39 is 17.5 Å². The number of hydrogen-bond donors (Lipinski definition) is 2. The second-order valence-electron chi connectivity index (χ2n) is 8.69. The summed E-state index contributed by atoms with van der Waals surface area (Å²) in [6.45, 7) is 5.92. The van der Waals surface area contributed by atoms with E-state index in [1.807, 2.05) is 67.6 Å². The number of carbonyl (C=O) groups is 3. The van der Waals surface area contributed by atoms with E-state index in [0.717, 1.165) is 23.3 Å². The van der Waals surface area contributed by atoms with Crippen LogP contribution in [0.2, 0.25) is 0 Å². The molecule has 0 bridgehead atoms. The minimum Gasteiger partial charge on any atom is -0.352 e. The molecule has 2 atom stereocenters. The van der Waals surface area contributed by atoms with Crippen molar-refractivity contribution >= 4 is 17.8 Å². The number of imide groups is 1. The molecule has 31 heavy (non-hydrogen) atoms. The number of rotatable bonds is 9. The van der Waals surface area contributed by atoms with Gasteiger partial charge in [-0.05, 0) is 36.8 Å². The maximum absolute atomic E-state index is 13.5. The summed E-state index contributed by atoms with van der Waals surface area (Å²) in [6.07, 6.45) is 2.16. The van der Waals surface area contributed by atoms with Gasteiger partial charge in [-0.15, -0.1) is 0 Å². The average Bonchev–Trinajstić information content (AvgIpc) is 2.98. The first-order valence-electron chi connectivity index (χ1n) is 10.8. The zero-order chi connectivity index (χ0) is 22.4. The summed E-state index contributed by atoms with van der Waals surface area (Å²) in [7, 11) is 0. The molecule has 0 aromatic heterocycles. The van der Waals surface area contributed by atoms with Crippen LogP contribution in [-0.4, -0.2) is 35.3 Å². The summed E-state index contributed by atoms with van der Waals surface area (Å²) in [6, 6.07) is 18.2. The molecule has 4 amide bonds. The lowest BCUT2D eigenvalue weighted by atomic mass is 9.83. The van der Waals surface area contributed by atoms with Crippen LogP contribution in [0, 0.1) is 5.92 Å². The van der Waals surface area contributed by atoms with Crippen LogP contribution >= 0.6 is 0 Å². The number of nitrogens with one attached hydrogen (secondary N) is 2. The zero-order valence-electron chi connectivity index (χ0n) is 18.4. The number of amides is 4. The molecule has 0 spiro atoms. The third-order valence-electron chi connectivity index (χ3n) is 5.64. The summed E-state index contributed by atoms with van der Waals surface area (Å²) in [5.41, 5.74) is 0.391. The molecule has 1 heterocycles. The molecular weight excluding hydrogens is 390 g/mol. The van der Waals surface area contributed by atoms with Crippen LogP contribution < -0.4 is 10.6 Å². The van der Waals surface area contributed by atoms with Crippen molar-refractivity contribution in [2.75, 3.05) is 6.54 Å². The highest BCUT2D eigenvalue weighted by Crippen LogP contribution is 2.32. The van der Waals surface area contributed by atoms with Gasteiger partial charge in [0.2, 0.25) is 5.91 Å². The predicted octanol–water partition coefficient (Wildman–Crippen LogP) is 3.62. The highest BCUT2D eigenvalue weighted by Gasteiger charge is 2.52. The quantitative estimate of drug-likeness (QED) is 0.607. The number of urea groups is 1. The summed E-state index contributed by atoms with van der Waals surface area (Å²) in [5.74, 6) is -0.185. The molecule has 1 saturated heterocycles. The molecule has 1 fully saturated rings. The van der Waals surface area contributed by atoms with E-state index in [1.165, 1.54) is 0 Å². The Morgan fingerprint density at radius 1 is 0.968 bits per heavy atom.